The zero-order chi connectivity index (χ0) is 12.3. The van der Waals surface area contributed by atoms with Crippen LogP contribution in [0, 0.1) is 6.92 Å². The Hall–Kier alpha value is -1.35. The molecule has 0 heterocycles. The Kier molecular flexibility index (Phi) is 11.5. The smallest absolute Gasteiger partial charge is 0.150 e. The first kappa shape index (κ1) is 16.1. The van der Waals surface area contributed by atoms with Gasteiger partial charge in [-0.3, -0.25) is 4.79 Å². The maximum Gasteiger partial charge on any atom is 0.150 e. The first-order chi connectivity index (χ1) is 7.15. The van der Waals surface area contributed by atoms with Crippen molar-refractivity contribution in [2.45, 2.75) is 20.8 Å². The fraction of sp³-hybridized carbons (Fsp3) is 0.417. The molecule has 1 aromatic carbocycles. The van der Waals surface area contributed by atoms with Gasteiger partial charge < -0.3 is 9.84 Å². The fourth-order valence-corrected chi connectivity index (χ4v) is 0.700. The SMILES string of the molecule is CC.COC.Cc1ccc(C=O)cc1O. The van der Waals surface area contributed by atoms with Crippen LogP contribution in [-0.4, -0.2) is 25.6 Å². The number of methoxy groups -OCH3 is 1. The minimum absolute atomic E-state index is 0.171. The standard InChI is InChI=1S/C8H8O2.C2H6O.C2H6/c1-6-2-3-7(5-9)4-8(6)10;1-3-2;1-2/h2-5,10H,1H3;1-2H3;1-2H3. The van der Waals surface area contributed by atoms with Crippen molar-refractivity contribution in [3.05, 3.63) is 29.3 Å². The molecule has 86 valence electrons. The summed E-state index contributed by atoms with van der Waals surface area (Å²) in [5.41, 5.74) is 1.29. The molecule has 0 saturated carbocycles. The summed E-state index contributed by atoms with van der Waals surface area (Å²) in [6.45, 7) is 5.78. The lowest BCUT2D eigenvalue weighted by atomic mass is 10.1. The van der Waals surface area contributed by atoms with E-state index in [4.69, 9.17) is 5.11 Å². The summed E-state index contributed by atoms with van der Waals surface area (Å²) in [6, 6.07) is 4.82. The third-order valence-electron chi connectivity index (χ3n) is 1.37. The van der Waals surface area contributed by atoms with Crippen LogP contribution in [0.4, 0.5) is 0 Å². The number of hydrogen-bond donors (Lipinski definition) is 1. The van der Waals surface area contributed by atoms with Crippen LogP contribution >= 0.6 is 0 Å². The van der Waals surface area contributed by atoms with E-state index in [0.717, 1.165) is 5.56 Å². The summed E-state index contributed by atoms with van der Waals surface area (Å²) in [6.07, 6.45) is 0.708. The highest BCUT2D eigenvalue weighted by molar-refractivity contribution is 5.75. The highest BCUT2D eigenvalue weighted by atomic mass is 16.4. The molecule has 0 aromatic heterocycles. The number of ether oxygens (including phenoxy) is 1. The lowest BCUT2D eigenvalue weighted by molar-refractivity contribution is 0.112. The summed E-state index contributed by atoms with van der Waals surface area (Å²) in [5, 5.41) is 9.07. The second-order valence-corrected chi connectivity index (χ2v) is 2.57. The molecule has 0 aliphatic rings. The monoisotopic (exact) mass is 212 g/mol. The number of hydrogen-bond acceptors (Lipinski definition) is 3. The number of aldehydes is 1. The van der Waals surface area contributed by atoms with Gasteiger partial charge >= 0.3 is 0 Å². The van der Waals surface area contributed by atoms with Crippen molar-refractivity contribution in [1.29, 1.82) is 0 Å². The Morgan fingerprint density at radius 2 is 1.73 bits per heavy atom. The first-order valence-electron chi connectivity index (χ1n) is 4.80. The topological polar surface area (TPSA) is 46.5 Å². The molecule has 1 N–H and O–H groups in total. The largest absolute Gasteiger partial charge is 0.508 e. The molecule has 0 amide bonds. The second kappa shape index (κ2) is 10.7. The number of carbonyl (C=O) groups is 1. The molecule has 15 heavy (non-hydrogen) atoms. The molecule has 0 fully saturated rings. The molecule has 0 saturated heterocycles. The average molecular weight is 212 g/mol. The van der Waals surface area contributed by atoms with Gasteiger partial charge in [0.15, 0.2) is 0 Å². The summed E-state index contributed by atoms with van der Waals surface area (Å²) in [7, 11) is 3.25. The van der Waals surface area contributed by atoms with Crippen molar-refractivity contribution in [3.63, 3.8) is 0 Å². The number of carbonyl (C=O) groups excluding carboxylic acids is 1. The van der Waals surface area contributed by atoms with Gasteiger partial charge in [-0.2, -0.15) is 0 Å². The number of aromatic hydroxyl groups is 1. The van der Waals surface area contributed by atoms with Crippen molar-refractivity contribution in [3.8, 4) is 5.75 Å². The number of phenols is 1. The molecule has 0 atom stereocenters. The second-order valence-electron chi connectivity index (χ2n) is 2.57. The quantitative estimate of drug-likeness (QED) is 0.728. The van der Waals surface area contributed by atoms with E-state index in [1.165, 1.54) is 6.07 Å². The molecule has 0 bridgehead atoms. The van der Waals surface area contributed by atoms with Crippen molar-refractivity contribution in [2.75, 3.05) is 14.2 Å². The zero-order valence-electron chi connectivity index (χ0n) is 10.1. The molecule has 0 aliphatic heterocycles. The third-order valence-corrected chi connectivity index (χ3v) is 1.37. The van der Waals surface area contributed by atoms with E-state index in [2.05, 4.69) is 4.74 Å². The predicted octanol–water partition coefficient (Wildman–Crippen LogP) is 2.80. The molecular formula is C12H20O3. The minimum Gasteiger partial charge on any atom is -0.508 e. The molecular weight excluding hydrogens is 192 g/mol. The average Bonchev–Trinajstić information content (AvgIpc) is 2.26. The lowest BCUT2D eigenvalue weighted by Gasteiger charge is -1.96. The molecule has 1 rings (SSSR count). The van der Waals surface area contributed by atoms with Crippen molar-refractivity contribution in [2.24, 2.45) is 0 Å². The van der Waals surface area contributed by atoms with E-state index in [1.54, 1.807) is 33.3 Å². The zero-order valence-corrected chi connectivity index (χ0v) is 10.1. The van der Waals surface area contributed by atoms with Gasteiger partial charge in [-0.25, -0.2) is 0 Å². The molecule has 3 heteroatoms. The van der Waals surface area contributed by atoms with Crippen molar-refractivity contribution in [1.82, 2.24) is 0 Å². The number of benzene rings is 1. The van der Waals surface area contributed by atoms with Crippen LogP contribution in [0.25, 0.3) is 0 Å². The summed E-state index contributed by atoms with van der Waals surface area (Å²) >= 11 is 0. The summed E-state index contributed by atoms with van der Waals surface area (Å²) in [5.74, 6) is 0.171. The highest BCUT2D eigenvalue weighted by Crippen LogP contribution is 2.15. The van der Waals surface area contributed by atoms with Crippen LogP contribution in [0.5, 0.6) is 5.75 Å². The van der Waals surface area contributed by atoms with Crippen LogP contribution in [0.2, 0.25) is 0 Å². The Bertz CT molecular complexity index is 270. The Morgan fingerprint density at radius 3 is 2.07 bits per heavy atom. The summed E-state index contributed by atoms with van der Waals surface area (Å²) in [4.78, 5) is 10.2. The molecule has 0 unspecified atom stereocenters. The van der Waals surface area contributed by atoms with Crippen LogP contribution in [0.3, 0.4) is 0 Å². The predicted molar refractivity (Wildman–Crippen MR) is 62.5 cm³/mol. The van der Waals surface area contributed by atoms with Gasteiger partial charge in [0.1, 0.15) is 12.0 Å². The first-order valence-corrected chi connectivity index (χ1v) is 4.80. The minimum atomic E-state index is 0.171. The maximum absolute atomic E-state index is 10.2. The van der Waals surface area contributed by atoms with Gasteiger partial charge in [-0.1, -0.05) is 26.0 Å². The van der Waals surface area contributed by atoms with Crippen LogP contribution < -0.4 is 0 Å². The van der Waals surface area contributed by atoms with E-state index in [1.807, 2.05) is 13.8 Å². The van der Waals surface area contributed by atoms with Gasteiger partial charge in [0, 0.05) is 19.8 Å². The Morgan fingerprint density at radius 1 is 1.27 bits per heavy atom. The summed E-state index contributed by atoms with van der Waals surface area (Å²) < 4.78 is 4.25. The molecule has 0 aliphatic carbocycles. The van der Waals surface area contributed by atoms with Crippen LogP contribution in [-0.2, 0) is 4.74 Å². The van der Waals surface area contributed by atoms with Gasteiger partial charge in [0.2, 0.25) is 0 Å². The number of phenolic OH excluding ortho intramolecular Hbond substituents is 1. The normalized spacial score (nSPS) is 7.80. The van der Waals surface area contributed by atoms with E-state index >= 15 is 0 Å². The van der Waals surface area contributed by atoms with E-state index < -0.39 is 0 Å². The number of aryl methyl sites for hydroxylation is 1. The highest BCUT2D eigenvalue weighted by Gasteiger charge is 1.95. The Balaban J connectivity index is 0. The molecule has 0 spiro atoms. The van der Waals surface area contributed by atoms with E-state index in [-0.39, 0.29) is 5.75 Å². The maximum atomic E-state index is 10.2. The lowest BCUT2D eigenvalue weighted by Crippen LogP contribution is -1.80. The molecule has 0 radical (unpaired) electrons. The van der Waals surface area contributed by atoms with Gasteiger partial charge in [-0.15, -0.1) is 0 Å². The van der Waals surface area contributed by atoms with Crippen LogP contribution in [0.15, 0.2) is 18.2 Å². The Labute approximate surface area is 91.7 Å². The van der Waals surface area contributed by atoms with Gasteiger partial charge in [-0.05, 0) is 18.6 Å². The van der Waals surface area contributed by atoms with E-state index in [0.29, 0.717) is 11.8 Å². The van der Waals surface area contributed by atoms with E-state index in [9.17, 15) is 4.79 Å². The molecule has 1 aromatic rings. The van der Waals surface area contributed by atoms with Crippen molar-refractivity contribution < 1.29 is 14.6 Å². The van der Waals surface area contributed by atoms with Crippen LogP contribution in [0.1, 0.15) is 29.8 Å². The molecule has 3 nitrogen and oxygen atoms in total. The fourth-order valence-electron chi connectivity index (χ4n) is 0.700. The van der Waals surface area contributed by atoms with Crippen molar-refractivity contribution >= 4 is 6.29 Å². The van der Waals surface area contributed by atoms with Gasteiger partial charge in [0.05, 0.1) is 0 Å². The number of rotatable bonds is 1. The van der Waals surface area contributed by atoms with Gasteiger partial charge in [0.25, 0.3) is 0 Å². The third kappa shape index (κ3) is 7.70.